The van der Waals surface area contributed by atoms with E-state index in [9.17, 15) is 4.79 Å². The quantitative estimate of drug-likeness (QED) is 0.486. The summed E-state index contributed by atoms with van der Waals surface area (Å²) in [6.45, 7) is 4.41. The number of hydrogen-bond donors (Lipinski definition) is 1. The molecule has 0 aliphatic rings. The van der Waals surface area contributed by atoms with Crippen LogP contribution in [0.1, 0.15) is 46.0 Å². The van der Waals surface area contributed by atoms with Crippen molar-refractivity contribution in [1.82, 2.24) is 4.90 Å². The molecule has 16 heavy (non-hydrogen) atoms. The topological polar surface area (TPSA) is 49.8 Å². The molecule has 96 valence electrons. The maximum absolute atomic E-state index is 11.5. The third-order valence-corrected chi connectivity index (χ3v) is 2.47. The SMILES string of the molecule is CCCCCCCN(C)C(=O)COC(C)O. The van der Waals surface area contributed by atoms with Crippen LogP contribution in [0.3, 0.4) is 0 Å². The maximum atomic E-state index is 11.5. The molecule has 4 nitrogen and oxygen atoms in total. The number of hydrogen-bond acceptors (Lipinski definition) is 3. The van der Waals surface area contributed by atoms with Crippen molar-refractivity contribution in [1.29, 1.82) is 0 Å². The van der Waals surface area contributed by atoms with Crippen LogP contribution in [0.2, 0.25) is 0 Å². The summed E-state index contributed by atoms with van der Waals surface area (Å²) in [6.07, 6.45) is 5.07. The Morgan fingerprint density at radius 2 is 1.94 bits per heavy atom. The summed E-state index contributed by atoms with van der Waals surface area (Å²) in [7, 11) is 1.77. The minimum absolute atomic E-state index is 0.0386. The number of ether oxygens (including phenoxy) is 1. The van der Waals surface area contributed by atoms with Gasteiger partial charge in [-0.25, -0.2) is 0 Å². The van der Waals surface area contributed by atoms with Crippen LogP contribution in [0.25, 0.3) is 0 Å². The lowest BCUT2D eigenvalue weighted by atomic mass is 10.1. The molecule has 0 aliphatic carbocycles. The zero-order chi connectivity index (χ0) is 12.4. The van der Waals surface area contributed by atoms with Gasteiger partial charge in [-0.15, -0.1) is 0 Å². The number of aliphatic hydroxyl groups is 1. The molecule has 1 atom stereocenters. The Bertz CT molecular complexity index is 183. The van der Waals surface area contributed by atoms with Crippen molar-refractivity contribution in [2.45, 2.75) is 52.2 Å². The van der Waals surface area contributed by atoms with Gasteiger partial charge in [-0.05, 0) is 13.3 Å². The molecular formula is C12H25NO3. The molecular weight excluding hydrogens is 206 g/mol. The Hall–Kier alpha value is -0.610. The van der Waals surface area contributed by atoms with Crippen molar-refractivity contribution in [2.24, 2.45) is 0 Å². The van der Waals surface area contributed by atoms with E-state index in [4.69, 9.17) is 9.84 Å². The Morgan fingerprint density at radius 3 is 2.50 bits per heavy atom. The van der Waals surface area contributed by atoms with E-state index in [1.165, 1.54) is 32.6 Å². The fraction of sp³-hybridized carbons (Fsp3) is 0.917. The van der Waals surface area contributed by atoms with E-state index in [-0.39, 0.29) is 12.5 Å². The van der Waals surface area contributed by atoms with Crippen molar-refractivity contribution >= 4 is 5.91 Å². The number of carbonyl (C=O) groups excluding carboxylic acids is 1. The molecule has 4 heteroatoms. The van der Waals surface area contributed by atoms with Gasteiger partial charge in [0.15, 0.2) is 6.29 Å². The average molecular weight is 231 g/mol. The molecule has 0 aliphatic heterocycles. The number of likely N-dealkylation sites (N-methyl/N-ethyl adjacent to an activating group) is 1. The third-order valence-electron chi connectivity index (χ3n) is 2.47. The van der Waals surface area contributed by atoms with Gasteiger partial charge in [0.05, 0.1) is 0 Å². The minimum Gasteiger partial charge on any atom is -0.368 e. The van der Waals surface area contributed by atoms with E-state index in [1.54, 1.807) is 11.9 Å². The lowest BCUT2D eigenvalue weighted by molar-refractivity contribution is -0.146. The van der Waals surface area contributed by atoms with Crippen molar-refractivity contribution < 1.29 is 14.6 Å². The number of amides is 1. The second-order valence-electron chi connectivity index (χ2n) is 4.14. The Kier molecular flexibility index (Phi) is 9.24. The fourth-order valence-electron chi connectivity index (χ4n) is 1.38. The minimum atomic E-state index is -0.873. The van der Waals surface area contributed by atoms with E-state index in [2.05, 4.69) is 6.92 Å². The van der Waals surface area contributed by atoms with Gasteiger partial charge >= 0.3 is 0 Å². The van der Waals surface area contributed by atoms with Gasteiger partial charge in [0, 0.05) is 13.6 Å². The Morgan fingerprint density at radius 1 is 1.31 bits per heavy atom. The van der Waals surface area contributed by atoms with E-state index < -0.39 is 6.29 Å². The number of unbranched alkanes of at least 4 members (excludes halogenated alkanes) is 4. The van der Waals surface area contributed by atoms with Crippen LogP contribution in [0.4, 0.5) is 0 Å². The van der Waals surface area contributed by atoms with E-state index >= 15 is 0 Å². The summed E-state index contributed by atoms with van der Waals surface area (Å²) >= 11 is 0. The van der Waals surface area contributed by atoms with Gasteiger partial charge in [-0.2, -0.15) is 0 Å². The molecule has 0 aromatic rings. The van der Waals surface area contributed by atoms with Gasteiger partial charge in [0.1, 0.15) is 6.61 Å². The van der Waals surface area contributed by atoms with Gasteiger partial charge in [-0.1, -0.05) is 32.6 Å². The summed E-state index contributed by atoms with van der Waals surface area (Å²) in [4.78, 5) is 13.1. The molecule has 0 heterocycles. The summed E-state index contributed by atoms with van der Waals surface area (Å²) in [5, 5.41) is 8.86. The lowest BCUT2D eigenvalue weighted by Crippen LogP contribution is -2.32. The van der Waals surface area contributed by atoms with Crippen molar-refractivity contribution in [2.75, 3.05) is 20.2 Å². The number of carbonyl (C=O) groups is 1. The van der Waals surface area contributed by atoms with Crippen LogP contribution in [-0.4, -0.2) is 42.4 Å². The van der Waals surface area contributed by atoms with E-state index in [0.29, 0.717) is 0 Å². The van der Waals surface area contributed by atoms with Crippen molar-refractivity contribution in [3.05, 3.63) is 0 Å². The molecule has 1 N–H and O–H groups in total. The van der Waals surface area contributed by atoms with Gasteiger partial charge in [0.2, 0.25) is 5.91 Å². The number of nitrogens with zero attached hydrogens (tertiary/aromatic N) is 1. The van der Waals surface area contributed by atoms with Crippen LogP contribution < -0.4 is 0 Å². The monoisotopic (exact) mass is 231 g/mol. The molecule has 0 aromatic carbocycles. The lowest BCUT2D eigenvalue weighted by Gasteiger charge is -2.17. The summed E-state index contributed by atoms with van der Waals surface area (Å²) in [6, 6.07) is 0. The summed E-state index contributed by atoms with van der Waals surface area (Å²) < 4.78 is 4.83. The second kappa shape index (κ2) is 9.60. The second-order valence-corrected chi connectivity index (χ2v) is 4.14. The molecule has 1 amide bonds. The molecule has 1 unspecified atom stereocenters. The van der Waals surface area contributed by atoms with E-state index in [1.807, 2.05) is 0 Å². The van der Waals surface area contributed by atoms with Crippen LogP contribution in [0.15, 0.2) is 0 Å². The highest BCUT2D eigenvalue weighted by Gasteiger charge is 2.09. The smallest absolute Gasteiger partial charge is 0.248 e. The molecule has 0 saturated carbocycles. The maximum Gasteiger partial charge on any atom is 0.248 e. The molecule has 0 saturated heterocycles. The van der Waals surface area contributed by atoms with Gasteiger partial charge in [0.25, 0.3) is 0 Å². The predicted molar refractivity (Wildman–Crippen MR) is 64.0 cm³/mol. The molecule has 0 fully saturated rings. The largest absolute Gasteiger partial charge is 0.368 e. The first-order valence-corrected chi connectivity index (χ1v) is 6.11. The van der Waals surface area contributed by atoms with Gasteiger partial charge < -0.3 is 14.7 Å². The first kappa shape index (κ1) is 15.4. The molecule has 0 bridgehead atoms. The van der Waals surface area contributed by atoms with Crippen molar-refractivity contribution in [3.8, 4) is 0 Å². The predicted octanol–water partition coefficient (Wildman–Crippen LogP) is 1.77. The summed E-state index contributed by atoms with van der Waals surface area (Å²) in [5.74, 6) is -0.0728. The first-order chi connectivity index (χ1) is 7.57. The fourth-order valence-corrected chi connectivity index (χ4v) is 1.38. The normalized spacial score (nSPS) is 12.5. The van der Waals surface area contributed by atoms with Gasteiger partial charge in [-0.3, -0.25) is 4.79 Å². The van der Waals surface area contributed by atoms with Crippen LogP contribution in [-0.2, 0) is 9.53 Å². The highest BCUT2D eigenvalue weighted by molar-refractivity contribution is 5.77. The molecule has 0 spiro atoms. The highest BCUT2D eigenvalue weighted by atomic mass is 16.6. The first-order valence-electron chi connectivity index (χ1n) is 6.11. The zero-order valence-corrected chi connectivity index (χ0v) is 10.7. The van der Waals surface area contributed by atoms with Crippen LogP contribution in [0, 0.1) is 0 Å². The standard InChI is InChI=1S/C12H25NO3/c1-4-5-6-7-8-9-13(3)12(15)10-16-11(2)14/h11,14H,4-10H2,1-3H3. The zero-order valence-electron chi connectivity index (χ0n) is 10.7. The molecule has 0 aromatic heterocycles. The van der Waals surface area contributed by atoms with Crippen molar-refractivity contribution in [3.63, 3.8) is 0 Å². The number of aliphatic hydroxyl groups excluding tert-OH is 1. The summed E-state index contributed by atoms with van der Waals surface area (Å²) in [5.41, 5.74) is 0. The molecule has 0 rings (SSSR count). The number of rotatable bonds is 9. The van der Waals surface area contributed by atoms with Crippen LogP contribution >= 0.6 is 0 Å². The average Bonchev–Trinajstić information content (AvgIpc) is 2.25. The highest BCUT2D eigenvalue weighted by Crippen LogP contribution is 2.03. The Balaban J connectivity index is 3.47. The molecule has 0 radical (unpaired) electrons. The Labute approximate surface area is 98.6 Å². The van der Waals surface area contributed by atoms with E-state index in [0.717, 1.165) is 13.0 Å². The third kappa shape index (κ3) is 8.68. The van der Waals surface area contributed by atoms with Crippen LogP contribution in [0.5, 0.6) is 0 Å².